The molecule has 1 heterocycles. The molecule has 2 heteroatoms. The molecule has 3 rings (SSSR count). The first kappa shape index (κ1) is 12.0. The molecule has 96 valence electrons. The van der Waals surface area contributed by atoms with Gasteiger partial charge in [0.15, 0.2) is 0 Å². The van der Waals surface area contributed by atoms with E-state index < -0.39 is 0 Å². The van der Waals surface area contributed by atoms with Gasteiger partial charge in [-0.15, -0.1) is 0 Å². The molecule has 0 N–H and O–H groups in total. The number of para-hydroxylation sites is 1. The quantitative estimate of drug-likeness (QED) is 0.646. The number of rotatable bonds is 3. The minimum absolute atomic E-state index is 0.978. The molecule has 3 aromatic rings. The third kappa shape index (κ3) is 1.93. The van der Waals surface area contributed by atoms with Gasteiger partial charge in [-0.3, -0.25) is 0 Å². The predicted molar refractivity (Wildman–Crippen MR) is 82.8 cm³/mol. The van der Waals surface area contributed by atoms with E-state index in [9.17, 15) is 0 Å². The lowest BCUT2D eigenvalue weighted by Crippen LogP contribution is -2.23. The highest BCUT2D eigenvalue weighted by molar-refractivity contribution is 6.10. The van der Waals surface area contributed by atoms with Crippen LogP contribution in [-0.2, 0) is 0 Å². The lowest BCUT2D eigenvalue weighted by molar-refractivity contribution is 0.855. The second-order valence-electron chi connectivity index (χ2n) is 4.67. The Hall–Kier alpha value is -2.09. The van der Waals surface area contributed by atoms with Crippen molar-refractivity contribution in [3.05, 3.63) is 48.5 Å². The molecular formula is C17H18N2. The van der Waals surface area contributed by atoms with Gasteiger partial charge in [-0.05, 0) is 25.3 Å². The van der Waals surface area contributed by atoms with Crippen molar-refractivity contribution in [3.63, 3.8) is 0 Å². The maximum atomic E-state index is 4.87. The van der Waals surface area contributed by atoms with Gasteiger partial charge in [0.2, 0.25) is 0 Å². The van der Waals surface area contributed by atoms with E-state index in [4.69, 9.17) is 4.98 Å². The number of hydrogen-bond donors (Lipinski definition) is 0. The van der Waals surface area contributed by atoms with Crippen molar-refractivity contribution in [1.82, 2.24) is 4.98 Å². The number of aromatic nitrogens is 1. The Morgan fingerprint density at radius 3 is 2.05 bits per heavy atom. The second-order valence-corrected chi connectivity index (χ2v) is 4.67. The van der Waals surface area contributed by atoms with Crippen molar-refractivity contribution in [1.29, 1.82) is 0 Å². The molecule has 1 aromatic heterocycles. The van der Waals surface area contributed by atoms with Gasteiger partial charge in [-0.25, -0.2) is 4.98 Å². The maximum Gasteiger partial charge on any atom is 0.137 e. The van der Waals surface area contributed by atoms with Crippen LogP contribution in [0.5, 0.6) is 0 Å². The Bertz CT molecular complexity index is 715. The van der Waals surface area contributed by atoms with Gasteiger partial charge in [0.25, 0.3) is 0 Å². The zero-order chi connectivity index (χ0) is 13.2. The van der Waals surface area contributed by atoms with Gasteiger partial charge in [0, 0.05) is 23.9 Å². The van der Waals surface area contributed by atoms with Crippen molar-refractivity contribution < 1.29 is 0 Å². The Balaban J connectivity index is 2.42. The first-order valence-electron chi connectivity index (χ1n) is 6.87. The lowest BCUT2D eigenvalue weighted by atomic mass is 10.1. The molecule has 0 radical (unpaired) electrons. The summed E-state index contributed by atoms with van der Waals surface area (Å²) in [5, 5.41) is 3.76. The molecule has 0 bridgehead atoms. The van der Waals surface area contributed by atoms with Crippen LogP contribution in [0.1, 0.15) is 13.8 Å². The highest BCUT2D eigenvalue weighted by atomic mass is 15.2. The molecule has 0 amide bonds. The monoisotopic (exact) mass is 250 g/mol. The first-order chi connectivity index (χ1) is 9.35. The van der Waals surface area contributed by atoms with Crippen LogP contribution in [0.15, 0.2) is 48.5 Å². The van der Waals surface area contributed by atoms with Crippen LogP contribution in [0.4, 0.5) is 5.82 Å². The average Bonchev–Trinajstić information content (AvgIpc) is 2.48. The number of nitrogens with zero attached hydrogens (tertiary/aromatic N) is 2. The van der Waals surface area contributed by atoms with Gasteiger partial charge >= 0.3 is 0 Å². The molecular weight excluding hydrogens is 232 g/mol. The minimum atomic E-state index is 0.978. The van der Waals surface area contributed by atoms with E-state index in [-0.39, 0.29) is 0 Å². The van der Waals surface area contributed by atoms with E-state index in [1.54, 1.807) is 0 Å². The van der Waals surface area contributed by atoms with Crippen molar-refractivity contribution in [2.24, 2.45) is 0 Å². The third-order valence-electron chi connectivity index (χ3n) is 3.65. The summed E-state index contributed by atoms with van der Waals surface area (Å²) in [6.07, 6.45) is 0. The number of pyridine rings is 1. The Labute approximate surface area is 113 Å². The van der Waals surface area contributed by atoms with E-state index in [0.29, 0.717) is 0 Å². The fraction of sp³-hybridized carbons (Fsp3) is 0.235. The van der Waals surface area contributed by atoms with Crippen molar-refractivity contribution in [2.45, 2.75) is 13.8 Å². The van der Waals surface area contributed by atoms with Crippen LogP contribution < -0.4 is 4.90 Å². The SMILES string of the molecule is CCN(CC)c1nc2ccccc2c2ccccc12. The largest absolute Gasteiger partial charge is 0.357 e. The van der Waals surface area contributed by atoms with Crippen LogP contribution in [0.3, 0.4) is 0 Å². The molecule has 0 atom stereocenters. The molecule has 19 heavy (non-hydrogen) atoms. The predicted octanol–water partition coefficient (Wildman–Crippen LogP) is 4.23. The molecule has 0 unspecified atom stereocenters. The highest BCUT2D eigenvalue weighted by Crippen LogP contribution is 2.30. The summed E-state index contributed by atoms with van der Waals surface area (Å²) in [4.78, 5) is 7.19. The maximum absolute atomic E-state index is 4.87. The molecule has 2 nitrogen and oxygen atoms in total. The van der Waals surface area contributed by atoms with Gasteiger partial charge in [-0.2, -0.15) is 0 Å². The second kappa shape index (κ2) is 4.88. The van der Waals surface area contributed by atoms with E-state index in [1.807, 2.05) is 0 Å². The summed E-state index contributed by atoms with van der Waals surface area (Å²) in [5.41, 5.74) is 1.07. The summed E-state index contributed by atoms with van der Waals surface area (Å²) < 4.78 is 0. The lowest BCUT2D eigenvalue weighted by Gasteiger charge is -2.22. The number of hydrogen-bond acceptors (Lipinski definition) is 2. The van der Waals surface area contributed by atoms with Gasteiger partial charge in [-0.1, -0.05) is 42.5 Å². The first-order valence-corrected chi connectivity index (χ1v) is 6.87. The molecule has 2 aromatic carbocycles. The third-order valence-corrected chi connectivity index (χ3v) is 3.65. The van der Waals surface area contributed by atoms with Crippen molar-refractivity contribution in [3.8, 4) is 0 Å². The molecule has 0 aliphatic carbocycles. The average molecular weight is 250 g/mol. The van der Waals surface area contributed by atoms with E-state index in [0.717, 1.165) is 24.4 Å². The van der Waals surface area contributed by atoms with Crippen LogP contribution in [0.2, 0.25) is 0 Å². The number of benzene rings is 2. The summed E-state index contributed by atoms with van der Waals surface area (Å²) in [7, 11) is 0. The van der Waals surface area contributed by atoms with Crippen molar-refractivity contribution >= 4 is 27.5 Å². The fourth-order valence-corrected chi connectivity index (χ4v) is 2.65. The van der Waals surface area contributed by atoms with Crippen LogP contribution in [0, 0.1) is 0 Å². The highest BCUT2D eigenvalue weighted by Gasteiger charge is 2.11. The summed E-state index contributed by atoms with van der Waals surface area (Å²) in [6.45, 7) is 6.31. The van der Waals surface area contributed by atoms with Gasteiger partial charge < -0.3 is 4.90 Å². The topological polar surface area (TPSA) is 16.1 Å². The normalized spacial score (nSPS) is 11.1. The number of anilines is 1. The summed E-state index contributed by atoms with van der Waals surface area (Å²) in [5.74, 6) is 1.10. The fourth-order valence-electron chi connectivity index (χ4n) is 2.65. The van der Waals surface area contributed by atoms with Crippen LogP contribution in [-0.4, -0.2) is 18.1 Å². The molecule has 0 fully saturated rings. The Morgan fingerprint density at radius 1 is 0.789 bits per heavy atom. The van der Waals surface area contributed by atoms with E-state index in [1.165, 1.54) is 16.2 Å². The van der Waals surface area contributed by atoms with E-state index >= 15 is 0 Å². The zero-order valence-electron chi connectivity index (χ0n) is 11.4. The molecule has 0 saturated carbocycles. The molecule has 0 aliphatic heterocycles. The summed E-state index contributed by atoms with van der Waals surface area (Å²) >= 11 is 0. The summed E-state index contributed by atoms with van der Waals surface area (Å²) in [6, 6.07) is 16.9. The van der Waals surface area contributed by atoms with Crippen molar-refractivity contribution in [2.75, 3.05) is 18.0 Å². The Morgan fingerprint density at radius 2 is 1.37 bits per heavy atom. The van der Waals surface area contributed by atoms with Crippen LogP contribution in [0.25, 0.3) is 21.7 Å². The number of fused-ring (bicyclic) bond motifs is 3. The smallest absolute Gasteiger partial charge is 0.137 e. The van der Waals surface area contributed by atoms with E-state index in [2.05, 4.69) is 67.3 Å². The zero-order valence-corrected chi connectivity index (χ0v) is 11.4. The minimum Gasteiger partial charge on any atom is -0.357 e. The molecule has 0 saturated heterocycles. The van der Waals surface area contributed by atoms with Crippen LogP contribution >= 0.6 is 0 Å². The van der Waals surface area contributed by atoms with Gasteiger partial charge in [0.05, 0.1) is 5.52 Å². The standard InChI is InChI=1S/C17H18N2/c1-3-19(4-2)17-15-11-6-5-9-13(15)14-10-7-8-12-16(14)18-17/h5-12H,3-4H2,1-2H3. The molecule has 0 aliphatic rings. The Kier molecular flexibility index (Phi) is 3.08. The molecule has 0 spiro atoms. The van der Waals surface area contributed by atoms with Gasteiger partial charge in [0.1, 0.15) is 5.82 Å².